The monoisotopic (exact) mass is 438 g/mol. The summed E-state index contributed by atoms with van der Waals surface area (Å²) in [4.78, 5) is 28.1. The van der Waals surface area contributed by atoms with Crippen LogP contribution < -0.4 is 14.4 Å². The fourth-order valence-electron chi connectivity index (χ4n) is 2.96. The van der Waals surface area contributed by atoms with Gasteiger partial charge in [-0.25, -0.2) is 0 Å². The Morgan fingerprint density at radius 3 is 2.29 bits per heavy atom. The number of amides is 1. The number of nitrogens with zero attached hydrogens (tertiary/aromatic N) is 2. The molecule has 31 heavy (non-hydrogen) atoms. The maximum atomic E-state index is 13.3. The average molecular weight is 439 g/mol. The third kappa shape index (κ3) is 4.92. The SMILES string of the molecule is C=CCOc1ccc(/C=C2/C(=O)N(c3ccc(OC)cc3)C(=S)N2CC(=O)OC)cc1. The molecule has 0 bridgehead atoms. The molecule has 1 saturated heterocycles. The minimum atomic E-state index is -0.509. The Bertz CT molecular complexity index is 1020. The number of rotatable bonds is 8. The summed E-state index contributed by atoms with van der Waals surface area (Å²) in [5.41, 5.74) is 1.59. The maximum absolute atomic E-state index is 13.3. The lowest BCUT2D eigenvalue weighted by molar-refractivity contribution is -0.140. The Balaban J connectivity index is 1.95. The van der Waals surface area contributed by atoms with Crippen molar-refractivity contribution in [1.29, 1.82) is 0 Å². The molecule has 0 aromatic heterocycles. The molecule has 2 aromatic rings. The van der Waals surface area contributed by atoms with E-state index in [0.29, 0.717) is 23.8 Å². The first-order valence-corrected chi connectivity index (χ1v) is 9.81. The lowest BCUT2D eigenvalue weighted by atomic mass is 10.1. The summed E-state index contributed by atoms with van der Waals surface area (Å²) < 4.78 is 15.4. The van der Waals surface area contributed by atoms with Gasteiger partial charge < -0.3 is 19.1 Å². The number of hydrogen-bond donors (Lipinski definition) is 0. The number of ether oxygens (including phenoxy) is 3. The van der Waals surface area contributed by atoms with Crippen molar-refractivity contribution < 1.29 is 23.8 Å². The third-order valence-corrected chi connectivity index (χ3v) is 4.93. The lowest BCUT2D eigenvalue weighted by Crippen LogP contribution is -2.35. The molecule has 0 saturated carbocycles. The molecule has 1 aliphatic heterocycles. The number of hydrogen-bond acceptors (Lipinski definition) is 6. The quantitative estimate of drug-likeness (QED) is 0.271. The van der Waals surface area contributed by atoms with Crippen LogP contribution in [0.5, 0.6) is 11.5 Å². The van der Waals surface area contributed by atoms with Crippen molar-refractivity contribution in [3.05, 3.63) is 72.4 Å². The number of benzene rings is 2. The van der Waals surface area contributed by atoms with Gasteiger partial charge in [-0.05, 0) is 60.3 Å². The fourth-order valence-corrected chi connectivity index (χ4v) is 3.31. The summed E-state index contributed by atoms with van der Waals surface area (Å²) in [5, 5.41) is 0.192. The lowest BCUT2D eigenvalue weighted by Gasteiger charge is -2.19. The van der Waals surface area contributed by atoms with Crippen molar-refractivity contribution >= 4 is 41.0 Å². The average Bonchev–Trinajstić information content (AvgIpc) is 3.02. The first-order chi connectivity index (χ1) is 15.0. The predicted molar refractivity (Wildman–Crippen MR) is 122 cm³/mol. The zero-order valence-electron chi connectivity index (χ0n) is 17.2. The topological polar surface area (TPSA) is 68.3 Å². The van der Waals surface area contributed by atoms with E-state index in [1.54, 1.807) is 55.7 Å². The van der Waals surface area contributed by atoms with Gasteiger partial charge in [0.05, 0.1) is 19.9 Å². The molecule has 3 rings (SSSR count). The van der Waals surface area contributed by atoms with Crippen LogP contribution in [-0.4, -0.2) is 49.3 Å². The van der Waals surface area contributed by atoms with Crippen LogP contribution in [0.25, 0.3) is 6.08 Å². The van der Waals surface area contributed by atoms with E-state index >= 15 is 0 Å². The number of methoxy groups -OCH3 is 2. The van der Waals surface area contributed by atoms with Crippen molar-refractivity contribution in [1.82, 2.24) is 4.90 Å². The molecule has 7 nitrogen and oxygen atoms in total. The summed E-state index contributed by atoms with van der Waals surface area (Å²) in [6.07, 6.45) is 3.34. The number of thiocarbonyl (C=S) groups is 1. The van der Waals surface area contributed by atoms with E-state index in [1.165, 1.54) is 16.9 Å². The molecule has 0 unspecified atom stereocenters. The van der Waals surface area contributed by atoms with Crippen LogP contribution in [0.3, 0.4) is 0 Å². The van der Waals surface area contributed by atoms with Gasteiger partial charge in [-0.1, -0.05) is 24.8 Å². The molecule has 160 valence electrons. The number of carbonyl (C=O) groups is 2. The molecule has 0 N–H and O–H groups in total. The van der Waals surface area contributed by atoms with Crippen molar-refractivity contribution in [2.24, 2.45) is 0 Å². The molecule has 1 aliphatic rings. The van der Waals surface area contributed by atoms with Gasteiger partial charge in [0.25, 0.3) is 5.91 Å². The van der Waals surface area contributed by atoms with Crippen molar-refractivity contribution in [2.45, 2.75) is 0 Å². The molecule has 1 amide bonds. The van der Waals surface area contributed by atoms with Gasteiger partial charge in [0.1, 0.15) is 30.3 Å². The molecular weight excluding hydrogens is 416 g/mol. The Morgan fingerprint density at radius 2 is 1.71 bits per heavy atom. The van der Waals surface area contributed by atoms with Crippen LogP contribution in [0, 0.1) is 0 Å². The van der Waals surface area contributed by atoms with E-state index in [2.05, 4.69) is 6.58 Å². The van der Waals surface area contributed by atoms with Crippen LogP contribution in [0.4, 0.5) is 5.69 Å². The molecule has 0 spiro atoms. The minimum Gasteiger partial charge on any atom is -0.497 e. The van der Waals surface area contributed by atoms with Gasteiger partial charge >= 0.3 is 5.97 Å². The van der Waals surface area contributed by atoms with Gasteiger partial charge in [0.15, 0.2) is 5.11 Å². The zero-order valence-corrected chi connectivity index (χ0v) is 18.1. The first-order valence-electron chi connectivity index (χ1n) is 9.40. The molecule has 8 heteroatoms. The number of anilines is 1. The molecule has 1 fully saturated rings. The van der Waals surface area contributed by atoms with Crippen LogP contribution in [-0.2, 0) is 14.3 Å². The van der Waals surface area contributed by atoms with E-state index in [4.69, 9.17) is 26.4 Å². The van der Waals surface area contributed by atoms with Gasteiger partial charge in [-0.3, -0.25) is 14.5 Å². The van der Waals surface area contributed by atoms with Crippen LogP contribution in [0.15, 0.2) is 66.9 Å². The summed E-state index contributed by atoms with van der Waals surface area (Å²) >= 11 is 5.53. The Hall–Kier alpha value is -3.65. The molecule has 0 atom stereocenters. The summed E-state index contributed by atoms with van der Waals surface area (Å²) in [6.45, 7) is 3.84. The smallest absolute Gasteiger partial charge is 0.325 e. The normalized spacial score (nSPS) is 14.7. The van der Waals surface area contributed by atoms with E-state index in [0.717, 1.165) is 5.56 Å². The van der Waals surface area contributed by atoms with Gasteiger partial charge in [-0.15, -0.1) is 0 Å². The van der Waals surface area contributed by atoms with Crippen LogP contribution in [0.2, 0.25) is 0 Å². The van der Waals surface area contributed by atoms with Gasteiger partial charge in [-0.2, -0.15) is 0 Å². The third-order valence-electron chi connectivity index (χ3n) is 4.53. The van der Waals surface area contributed by atoms with E-state index in [1.807, 2.05) is 12.1 Å². The summed E-state index contributed by atoms with van der Waals surface area (Å²) in [5.74, 6) is 0.487. The highest BCUT2D eigenvalue weighted by atomic mass is 32.1. The second kappa shape index (κ2) is 9.90. The number of carbonyl (C=O) groups excluding carboxylic acids is 2. The fraction of sp³-hybridized carbons (Fsp3) is 0.174. The summed E-state index contributed by atoms with van der Waals surface area (Å²) in [7, 11) is 2.85. The van der Waals surface area contributed by atoms with Gasteiger partial charge in [0, 0.05) is 0 Å². The highest BCUT2D eigenvalue weighted by Gasteiger charge is 2.40. The van der Waals surface area contributed by atoms with Crippen LogP contribution >= 0.6 is 12.2 Å². The Labute approximate surface area is 186 Å². The standard InChI is InChI=1S/C23H22N2O5S/c1-4-13-30-19-9-5-16(6-10-19)14-20-22(27)25(17-7-11-18(28-2)12-8-17)23(31)24(20)15-21(26)29-3/h4-12,14H,1,13,15H2,2-3H3/b20-14-. The molecular formula is C23H22N2O5S. The Kier molecular flexibility index (Phi) is 7.04. The molecule has 2 aromatic carbocycles. The van der Waals surface area contributed by atoms with E-state index in [-0.39, 0.29) is 23.3 Å². The first kappa shape index (κ1) is 22.0. The predicted octanol–water partition coefficient (Wildman–Crippen LogP) is 3.41. The van der Waals surface area contributed by atoms with E-state index in [9.17, 15) is 9.59 Å². The molecule has 0 radical (unpaired) electrons. The van der Waals surface area contributed by atoms with Crippen LogP contribution in [0.1, 0.15) is 5.56 Å². The van der Waals surface area contributed by atoms with Crippen molar-refractivity contribution in [3.8, 4) is 11.5 Å². The zero-order chi connectivity index (χ0) is 22.4. The maximum Gasteiger partial charge on any atom is 0.325 e. The van der Waals surface area contributed by atoms with Crippen molar-refractivity contribution in [3.63, 3.8) is 0 Å². The largest absolute Gasteiger partial charge is 0.497 e. The minimum absolute atomic E-state index is 0.180. The highest BCUT2D eigenvalue weighted by Crippen LogP contribution is 2.30. The van der Waals surface area contributed by atoms with Gasteiger partial charge in [0.2, 0.25) is 0 Å². The molecule has 1 heterocycles. The van der Waals surface area contributed by atoms with E-state index < -0.39 is 5.97 Å². The second-order valence-corrected chi connectivity index (χ2v) is 6.85. The highest BCUT2D eigenvalue weighted by molar-refractivity contribution is 7.80. The summed E-state index contributed by atoms with van der Waals surface area (Å²) in [6, 6.07) is 14.1. The van der Waals surface area contributed by atoms with Crippen molar-refractivity contribution in [2.75, 3.05) is 32.3 Å². The number of esters is 1. The second-order valence-electron chi connectivity index (χ2n) is 6.48. The Morgan fingerprint density at radius 1 is 1.06 bits per heavy atom. The molecule has 0 aliphatic carbocycles.